The van der Waals surface area contributed by atoms with E-state index in [1.54, 1.807) is 11.8 Å². The van der Waals surface area contributed by atoms with Crippen LogP contribution in [0.25, 0.3) is 5.69 Å². The van der Waals surface area contributed by atoms with Crippen LogP contribution in [-0.4, -0.2) is 44.4 Å². The van der Waals surface area contributed by atoms with Crippen molar-refractivity contribution in [3.63, 3.8) is 0 Å². The summed E-state index contributed by atoms with van der Waals surface area (Å²) in [6.45, 7) is 1.76. The normalized spacial score (nSPS) is 14.5. The van der Waals surface area contributed by atoms with Crippen LogP contribution in [0.3, 0.4) is 0 Å². The van der Waals surface area contributed by atoms with Crippen LogP contribution in [0, 0.1) is 0 Å². The van der Waals surface area contributed by atoms with Crippen LogP contribution < -0.4 is 0 Å². The van der Waals surface area contributed by atoms with Gasteiger partial charge in [-0.2, -0.15) is 0 Å². The van der Waals surface area contributed by atoms with Crippen molar-refractivity contribution < 1.29 is 4.79 Å². The van der Waals surface area contributed by atoms with Gasteiger partial charge in [-0.15, -0.1) is 22.0 Å². The Hall–Kier alpha value is -2.25. The molecule has 156 valence electrons. The lowest BCUT2D eigenvalue weighted by Gasteiger charge is -2.20. The molecule has 5 nitrogen and oxygen atoms in total. The van der Waals surface area contributed by atoms with Crippen molar-refractivity contribution in [1.82, 2.24) is 19.7 Å². The summed E-state index contributed by atoms with van der Waals surface area (Å²) in [6.07, 6.45) is 4.66. The van der Waals surface area contributed by atoms with Gasteiger partial charge in [0.2, 0.25) is 5.91 Å². The van der Waals surface area contributed by atoms with E-state index in [1.807, 2.05) is 41.3 Å². The van der Waals surface area contributed by atoms with Gasteiger partial charge in [0.05, 0.1) is 11.5 Å². The number of thioether (sulfide) groups is 2. The molecular weight excluding hydrogens is 412 g/mol. The number of carbonyl (C=O) groups excluding carboxylic acids is 1. The van der Waals surface area contributed by atoms with Crippen LogP contribution in [0.5, 0.6) is 0 Å². The number of para-hydroxylation sites is 1. The van der Waals surface area contributed by atoms with Crippen molar-refractivity contribution in [2.45, 2.75) is 41.5 Å². The minimum Gasteiger partial charge on any atom is -0.342 e. The van der Waals surface area contributed by atoms with E-state index in [0.29, 0.717) is 11.5 Å². The van der Waals surface area contributed by atoms with Crippen LogP contribution in [0.4, 0.5) is 0 Å². The highest BCUT2D eigenvalue weighted by Crippen LogP contribution is 2.27. The maximum absolute atomic E-state index is 12.7. The van der Waals surface area contributed by atoms with Gasteiger partial charge in [0.1, 0.15) is 5.82 Å². The van der Waals surface area contributed by atoms with Gasteiger partial charge in [0, 0.05) is 23.7 Å². The van der Waals surface area contributed by atoms with Gasteiger partial charge >= 0.3 is 0 Å². The van der Waals surface area contributed by atoms with Gasteiger partial charge in [0.15, 0.2) is 5.16 Å². The third-order valence-electron chi connectivity index (χ3n) is 5.11. The van der Waals surface area contributed by atoms with Crippen LogP contribution in [0.1, 0.15) is 31.5 Å². The van der Waals surface area contributed by atoms with E-state index in [9.17, 15) is 4.79 Å². The Morgan fingerprint density at radius 1 is 0.833 bits per heavy atom. The summed E-state index contributed by atoms with van der Waals surface area (Å²) in [5.74, 6) is 2.20. The Morgan fingerprint density at radius 3 is 2.20 bits per heavy atom. The second-order valence-corrected chi connectivity index (χ2v) is 9.25. The Morgan fingerprint density at radius 2 is 1.50 bits per heavy atom. The number of amides is 1. The largest absolute Gasteiger partial charge is 0.342 e. The number of benzene rings is 2. The third-order valence-corrected chi connectivity index (χ3v) is 7.03. The molecule has 1 aliphatic heterocycles. The van der Waals surface area contributed by atoms with E-state index in [-0.39, 0.29) is 5.91 Å². The van der Waals surface area contributed by atoms with Gasteiger partial charge in [-0.1, -0.05) is 61.0 Å². The zero-order valence-corrected chi connectivity index (χ0v) is 18.6. The average molecular weight is 439 g/mol. The zero-order valence-electron chi connectivity index (χ0n) is 16.9. The van der Waals surface area contributed by atoms with Crippen molar-refractivity contribution in [2.24, 2.45) is 0 Å². The van der Waals surface area contributed by atoms with Crippen LogP contribution in [0.15, 0.2) is 70.7 Å². The van der Waals surface area contributed by atoms with Crippen molar-refractivity contribution in [1.29, 1.82) is 0 Å². The Balaban J connectivity index is 1.49. The molecule has 1 aliphatic rings. The topological polar surface area (TPSA) is 51.0 Å². The van der Waals surface area contributed by atoms with E-state index in [2.05, 4.69) is 39.0 Å². The van der Waals surface area contributed by atoms with E-state index >= 15 is 0 Å². The molecule has 0 atom stereocenters. The summed E-state index contributed by atoms with van der Waals surface area (Å²) in [7, 11) is 0. The summed E-state index contributed by atoms with van der Waals surface area (Å²) in [5.41, 5.74) is 1.02. The van der Waals surface area contributed by atoms with E-state index in [0.717, 1.165) is 42.6 Å². The first-order chi connectivity index (χ1) is 14.8. The molecule has 1 amide bonds. The van der Waals surface area contributed by atoms with E-state index in [4.69, 9.17) is 0 Å². The number of hydrogen-bond acceptors (Lipinski definition) is 5. The van der Waals surface area contributed by atoms with Gasteiger partial charge in [0.25, 0.3) is 0 Å². The van der Waals surface area contributed by atoms with Gasteiger partial charge in [-0.25, -0.2) is 0 Å². The number of hydrogen-bond donors (Lipinski definition) is 0. The molecule has 0 saturated carbocycles. The van der Waals surface area contributed by atoms with Gasteiger partial charge < -0.3 is 4.90 Å². The Labute approximate surface area is 186 Å². The summed E-state index contributed by atoms with van der Waals surface area (Å²) < 4.78 is 2.08. The molecule has 1 saturated heterocycles. The number of nitrogens with zero attached hydrogens (tertiary/aromatic N) is 4. The number of carbonyl (C=O) groups is 1. The average Bonchev–Trinajstić information content (AvgIpc) is 3.00. The van der Waals surface area contributed by atoms with Gasteiger partial charge in [-0.05, 0) is 37.1 Å². The fourth-order valence-corrected chi connectivity index (χ4v) is 5.23. The molecule has 1 fully saturated rings. The van der Waals surface area contributed by atoms with Crippen LogP contribution >= 0.6 is 23.5 Å². The van der Waals surface area contributed by atoms with Crippen molar-refractivity contribution in [2.75, 3.05) is 18.8 Å². The number of rotatable bonds is 7. The minimum absolute atomic E-state index is 0.199. The SMILES string of the molecule is O=C(CSc1nnc(CSc2ccccc2)n1-c1ccccc1)N1CCCCCC1. The van der Waals surface area contributed by atoms with E-state index < -0.39 is 0 Å². The summed E-state index contributed by atoms with van der Waals surface area (Å²) in [4.78, 5) is 15.9. The Kier molecular flexibility index (Phi) is 7.48. The minimum atomic E-state index is 0.199. The second-order valence-electron chi connectivity index (χ2n) is 7.26. The lowest BCUT2D eigenvalue weighted by Crippen LogP contribution is -2.33. The molecule has 1 aromatic heterocycles. The Bertz CT molecular complexity index is 938. The maximum atomic E-state index is 12.7. The molecule has 30 heavy (non-hydrogen) atoms. The molecule has 0 radical (unpaired) electrons. The lowest BCUT2D eigenvalue weighted by atomic mass is 10.2. The van der Waals surface area contributed by atoms with Crippen molar-refractivity contribution in [3.05, 3.63) is 66.5 Å². The molecule has 0 aliphatic carbocycles. The monoisotopic (exact) mass is 438 g/mol. The standard InChI is InChI=1S/C23H26N4OS2/c28-22(26-15-9-1-2-10-16-26)18-30-23-25-24-21(17-29-20-13-7-4-8-14-20)27(23)19-11-5-3-6-12-19/h3-8,11-14H,1-2,9-10,15-18H2. The van der Waals surface area contributed by atoms with E-state index in [1.165, 1.54) is 29.5 Å². The van der Waals surface area contributed by atoms with Crippen LogP contribution in [-0.2, 0) is 10.5 Å². The summed E-state index contributed by atoms with van der Waals surface area (Å²) in [6, 6.07) is 20.4. The van der Waals surface area contributed by atoms with Crippen LogP contribution in [0.2, 0.25) is 0 Å². The first kappa shape index (κ1) is 21.0. The van der Waals surface area contributed by atoms with Gasteiger partial charge in [-0.3, -0.25) is 9.36 Å². The fraction of sp³-hybridized carbons (Fsp3) is 0.348. The zero-order chi connectivity index (χ0) is 20.6. The summed E-state index contributed by atoms with van der Waals surface area (Å²) >= 11 is 3.22. The third kappa shape index (κ3) is 5.46. The molecule has 2 aromatic carbocycles. The molecule has 3 aromatic rings. The first-order valence-corrected chi connectivity index (χ1v) is 12.4. The quantitative estimate of drug-likeness (QED) is 0.483. The molecule has 2 heterocycles. The second kappa shape index (κ2) is 10.7. The first-order valence-electron chi connectivity index (χ1n) is 10.4. The molecule has 0 N–H and O–H groups in total. The predicted molar refractivity (Wildman–Crippen MR) is 123 cm³/mol. The molecule has 0 bridgehead atoms. The number of likely N-dealkylation sites (tertiary alicyclic amines) is 1. The highest BCUT2D eigenvalue weighted by atomic mass is 32.2. The predicted octanol–water partition coefficient (Wildman–Crippen LogP) is 5.05. The number of aromatic nitrogens is 3. The lowest BCUT2D eigenvalue weighted by molar-refractivity contribution is -0.128. The highest BCUT2D eigenvalue weighted by Gasteiger charge is 2.19. The maximum Gasteiger partial charge on any atom is 0.233 e. The molecule has 0 unspecified atom stereocenters. The summed E-state index contributed by atoms with van der Waals surface area (Å²) in [5, 5.41) is 9.66. The fourth-order valence-electron chi connectivity index (χ4n) is 3.53. The molecule has 7 heteroatoms. The van der Waals surface area contributed by atoms with Crippen molar-refractivity contribution >= 4 is 29.4 Å². The highest BCUT2D eigenvalue weighted by molar-refractivity contribution is 7.99. The molecule has 0 spiro atoms. The molecular formula is C23H26N4OS2. The smallest absolute Gasteiger partial charge is 0.233 e. The van der Waals surface area contributed by atoms with Crippen molar-refractivity contribution in [3.8, 4) is 5.69 Å². The molecule has 4 rings (SSSR count).